The van der Waals surface area contributed by atoms with E-state index in [0.29, 0.717) is 0 Å². The van der Waals surface area contributed by atoms with E-state index in [1.54, 1.807) is 0 Å². The molecule has 0 radical (unpaired) electrons. The standard InChI is InChI=1S/C46H41N/c1-45(2,3)30-22-26-32(27-23-30)47(33-28-24-31(25-29-33)46(4,5)6)44-40-19-12-11-18-39(40)42-37-17-10-9-16-35(37)34-14-7-8-15-36(34)38-20-13-21-41(44)43(38)42/h7-29H,1-6H3. The van der Waals surface area contributed by atoms with Gasteiger partial charge < -0.3 is 4.90 Å². The van der Waals surface area contributed by atoms with Gasteiger partial charge in [-0.25, -0.2) is 0 Å². The molecule has 230 valence electrons. The first kappa shape index (κ1) is 29.3. The highest BCUT2D eigenvalue weighted by Crippen LogP contribution is 2.54. The molecule has 7 aromatic carbocycles. The summed E-state index contributed by atoms with van der Waals surface area (Å²) < 4.78 is 0. The number of benzene rings is 7. The van der Waals surface area contributed by atoms with Gasteiger partial charge in [-0.05, 0) is 85.0 Å². The van der Waals surface area contributed by atoms with Crippen molar-refractivity contribution in [3.63, 3.8) is 0 Å². The minimum absolute atomic E-state index is 0.0731. The zero-order valence-corrected chi connectivity index (χ0v) is 28.2. The molecule has 7 aromatic rings. The minimum Gasteiger partial charge on any atom is -0.309 e. The molecule has 47 heavy (non-hydrogen) atoms. The van der Waals surface area contributed by atoms with Crippen LogP contribution in [0.25, 0.3) is 54.9 Å². The van der Waals surface area contributed by atoms with E-state index in [4.69, 9.17) is 0 Å². The molecule has 0 heterocycles. The van der Waals surface area contributed by atoms with Gasteiger partial charge in [0.1, 0.15) is 0 Å². The van der Waals surface area contributed by atoms with Crippen molar-refractivity contribution in [1.29, 1.82) is 0 Å². The molecule has 0 atom stereocenters. The monoisotopic (exact) mass is 607 g/mol. The fourth-order valence-corrected chi connectivity index (χ4v) is 7.47. The average Bonchev–Trinajstić information content (AvgIpc) is 3.20. The predicted octanol–water partition coefficient (Wildman–Crippen LogP) is 13.4. The van der Waals surface area contributed by atoms with Crippen LogP contribution in [0.5, 0.6) is 0 Å². The quantitative estimate of drug-likeness (QED) is 0.181. The smallest absolute Gasteiger partial charge is 0.0619 e. The lowest BCUT2D eigenvalue weighted by molar-refractivity contribution is 0.590. The van der Waals surface area contributed by atoms with Crippen LogP contribution in [0.15, 0.2) is 140 Å². The maximum Gasteiger partial charge on any atom is 0.0619 e. The Kier molecular flexibility index (Phi) is 6.67. The maximum atomic E-state index is 2.49. The van der Waals surface area contributed by atoms with Crippen molar-refractivity contribution in [3.8, 4) is 33.4 Å². The van der Waals surface area contributed by atoms with Crippen LogP contribution >= 0.6 is 0 Å². The predicted molar refractivity (Wildman–Crippen MR) is 203 cm³/mol. The van der Waals surface area contributed by atoms with E-state index in [1.165, 1.54) is 71.7 Å². The molecule has 1 nitrogen and oxygen atoms in total. The third-order valence-electron chi connectivity index (χ3n) is 9.93. The Hall–Kier alpha value is -5.14. The number of rotatable bonds is 3. The summed E-state index contributed by atoms with van der Waals surface area (Å²) in [6.07, 6.45) is 0. The van der Waals surface area contributed by atoms with Gasteiger partial charge in [-0.2, -0.15) is 0 Å². The van der Waals surface area contributed by atoms with Gasteiger partial charge in [-0.3, -0.25) is 0 Å². The normalized spacial score (nSPS) is 12.5. The third-order valence-corrected chi connectivity index (χ3v) is 9.93. The van der Waals surface area contributed by atoms with Crippen LogP contribution in [0.2, 0.25) is 0 Å². The minimum atomic E-state index is 0.0731. The summed E-state index contributed by atoms with van der Waals surface area (Å²) in [6, 6.07) is 52.2. The highest BCUT2D eigenvalue weighted by molar-refractivity contribution is 6.28. The SMILES string of the molecule is CC(C)(C)c1ccc(N(c2ccc(C(C)(C)C)cc2)c2c3ccccc3c3c4c(cccc24)-c2ccccc2-c2ccccc2-3)cc1. The topological polar surface area (TPSA) is 3.24 Å². The summed E-state index contributed by atoms with van der Waals surface area (Å²) in [5.41, 5.74) is 14.0. The fraction of sp³-hybridized carbons (Fsp3) is 0.174. The highest BCUT2D eigenvalue weighted by Gasteiger charge is 2.28. The molecule has 0 fully saturated rings. The number of fused-ring (bicyclic) bond motifs is 7. The van der Waals surface area contributed by atoms with Crippen LogP contribution in [0.4, 0.5) is 17.1 Å². The number of anilines is 3. The Morgan fingerprint density at radius 1 is 0.362 bits per heavy atom. The molecule has 1 heteroatoms. The molecule has 0 amide bonds. The average molecular weight is 608 g/mol. The summed E-state index contributed by atoms with van der Waals surface area (Å²) in [5, 5.41) is 5.07. The first-order valence-corrected chi connectivity index (χ1v) is 16.8. The maximum absolute atomic E-state index is 2.49. The van der Waals surface area contributed by atoms with Crippen LogP contribution in [-0.4, -0.2) is 0 Å². The molecule has 0 spiro atoms. The number of hydrogen-bond donors (Lipinski definition) is 0. The highest BCUT2D eigenvalue weighted by atomic mass is 15.1. The second-order valence-electron chi connectivity index (χ2n) is 15.0. The van der Waals surface area contributed by atoms with Crippen LogP contribution in [0.3, 0.4) is 0 Å². The molecule has 1 aliphatic carbocycles. The largest absolute Gasteiger partial charge is 0.309 e. The molecular weight excluding hydrogens is 567 g/mol. The van der Waals surface area contributed by atoms with Gasteiger partial charge in [0.2, 0.25) is 0 Å². The molecule has 0 bridgehead atoms. The molecular formula is C46H41N. The van der Waals surface area contributed by atoms with E-state index in [0.717, 1.165) is 11.4 Å². The first-order valence-electron chi connectivity index (χ1n) is 16.8. The zero-order chi connectivity index (χ0) is 32.5. The van der Waals surface area contributed by atoms with Gasteiger partial charge in [0, 0.05) is 27.5 Å². The van der Waals surface area contributed by atoms with Gasteiger partial charge in [0.25, 0.3) is 0 Å². The lowest BCUT2D eigenvalue weighted by Crippen LogP contribution is -2.15. The summed E-state index contributed by atoms with van der Waals surface area (Å²) in [6.45, 7) is 13.7. The lowest BCUT2D eigenvalue weighted by Gasteiger charge is -2.31. The molecule has 0 unspecified atom stereocenters. The van der Waals surface area contributed by atoms with Crippen molar-refractivity contribution < 1.29 is 0 Å². The van der Waals surface area contributed by atoms with Crippen molar-refractivity contribution in [2.24, 2.45) is 0 Å². The van der Waals surface area contributed by atoms with Crippen LogP contribution in [0, 0.1) is 0 Å². The van der Waals surface area contributed by atoms with E-state index in [9.17, 15) is 0 Å². The second-order valence-corrected chi connectivity index (χ2v) is 15.0. The van der Waals surface area contributed by atoms with E-state index in [2.05, 4.69) is 186 Å². The van der Waals surface area contributed by atoms with Gasteiger partial charge in [-0.15, -0.1) is 0 Å². The van der Waals surface area contributed by atoms with Crippen LogP contribution in [-0.2, 0) is 10.8 Å². The van der Waals surface area contributed by atoms with Crippen LogP contribution < -0.4 is 4.90 Å². The molecule has 8 rings (SSSR count). The number of nitrogens with zero attached hydrogens (tertiary/aromatic N) is 1. The Morgan fingerprint density at radius 2 is 0.766 bits per heavy atom. The van der Waals surface area contributed by atoms with Crippen molar-refractivity contribution in [1.82, 2.24) is 0 Å². The summed E-state index contributed by atoms with van der Waals surface area (Å²) in [7, 11) is 0. The third kappa shape index (κ3) is 4.76. The molecule has 0 N–H and O–H groups in total. The van der Waals surface area contributed by atoms with Crippen LogP contribution in [0.1, 0.15) is 52.7 Å². The summed E-state index contributed by atoms with van der Waals surface area (Å²) in [4.78, 5) is 2.49. The number of hydrogen-bond acceptors (Lipinski definition) is 1. The van der Waals surface area contributed by atoms with E-state index in [1.807, 2.05) is 0 Å². The van der Waals surface area contributed by atoms with Crippen molar-refractivity contribution in [3.05, 3.63) is 151 Å². The van der Waals surface area contributed by atoms with Gasteiger partial charge >= 0.3 is 0 Å². The Bertz CT molecular complexity index is 2230. The van der Waals surface area contributed by atoms with Gasteiger partial charge in [0.15, 0.2) is 0 Å². The van der Waals surface area contributed by atoms with Crippen molar-refractivity contribution in [2.75, 3.05) is 4.90 Å². The Morgan fingerprint density at radius 3 is 1.30 bits per heavy atom. The molecule has 0 saturated heterocycles. The lowest BCUT2D eigenvalue weighted by atomic mass is 9.86. The first-order chi connectivity index (χ1) is 22.6. The van der Waals surface area contributed by atoms with E-state index < -0.39 is 0 Å². The van der Waals surface area contributed by atoms with E-state index >= 15 is 0 Å². The molecule has 0 saturated carbocycles. The molecule has 1 aliphatic rings. The van der Waals surface area contributed by atoms with Crippen molar-refractivity contribution >= 4 is 38.6 Å². The van der Waals surface area contributed by atoms with Crippen molar-refractivity contribution in [2.45, 2.75) is 52.4 Å². The Labute approximate surface area is 279 Å². The summed E-state index contributed by atoms with van der Waals surface area (Å²) >= 11 is 0. The van der Waals surface area contributed by atoms with E-state index in [-0.39, 0.29) is 10.8 Å². The van der Waals surface area contributed by atoms with Gasteiger partial charge in [0.05, 0.1) is 5.69 Å². The Balaban J connectivity index is 1.52. The molecule has 0 aliphatic heterocycles. The molecule has 0 aromatic heterocycles. The summed E-state index contributed by atoms with van der Waals surface area (Å²) in [5.74, 6) is 0. The van der Waals surface area contributed by atoms with Gasteiger partial charge in [-0.1, -0.05) is 157 Å². The fourth-order valence-electron chi connectivity index (χ4n) is 7.47. The zero-order valence-electron chi connectivity index (χ0n) is 28.2. The second kappa shape index (κ2) is 10.7.